The highest BCUT2D eigenvalue weighted by Crippen LogP contribution is 2.12. The Hall–Kier alpha value is -0.430. The van der Waals surface area contributed by atoms with Gasteiger partial charge in [0.1, 0.15) is 0 Å². The van der Waals surface area contributed by atoms with Crippen LogP contribution in [0.1, 0.15) is 25.3 Å². The number of hydrogen-bond donors (Lipinski definition) is 1. The summed E-state index contributed by atoms with van der Waals surface area (Å²) in [6, 6.07) is 1.96. The standard InChI is InChI=1S/C12H22N2O2S2/c1-3-13-7-4-5-9-18(15,16)14(2)10-12-6-8-17-11-12/h6,8,11,13H,3-5,7,9-10H2,1-2H3. The van der Waals surface area contributed by atoms with Crippen LogP contribution in [-0.4, -0.2) is 38.6 Å². The molecule has 0 amide bonds. The van der Waals surface area contributed by atoms with E-state index in [0.717, 1.165) is 25.1 Å². The van der Waals surface area contributed by atoms with Crippen LogP contribution >= 0.6 is 11.3 Å². The molecule has 1 N–H and O–H groups in total. The van der Waals surface area contributed by atoms with Crippen LogP contribution in [0.2, 0.25) is 0 Å². The molecule has 1 aromatic heterocycles. The molecule has 0 saturated heterocycles. The van der Waals surface area contributed by atoms with Gasteiger partial charge in [-0.1, -0.05) is 6.92 Å². The highest BCUT2D eigenvalue weighted by Gasteiger charge is 2.17. The van der Waals surface area contributed by atoms with Crippen molar-refractivity contribution in [3.8, 4) is 0 Å². The zero-order chi connectivity index (χ0) is 13.4. The first-order chi connectivity index (χ1) is 8.56. The van der Waals surface area contributed by atoms with Crippen molar-refractivity contribution in [2.45, 2.75) is 26.3 Å². The van der Waals surface area contributed by atoms with Crippen molar-refractivity contribution in [2.24, 2.45) is 0 Å². The van der Waals surface area contributed by atoms with E-state index in [4.69, 9.17) is 0 Å². The Kier molecular flexibility index (Phi) is 6.85. The van der Waals surface area contributed by atoms with E-state index in [0.29, 0.717) is 13.0 Å². The Morgan fingerprint density at radius 3 is 2.78 bits per heavy atom. The van der Waals surface area contributed by atoms with Gasteiger partial charge in [0.2, 0.25) is 10.0 Å². The zero-order valence-electron chi connectivity index (χ0n) is 11.1. The molecule has 0 saturated carbocycles. The first-order valence-electron chi connectivity index (χ1n) is 6.22. The topological polar surface area (TPSA) is 49.4 Å². The maximum Gasteiger partial charge on any atom is 0.214 e. The van der Waals surface area contributed by atoms with E-state index in [1.165, 1.54) is 4.31 Å². The van der Waals surface area contributed by atoms with E-state index in [9.17, 15) is 8.42 Å². The Balaban J connectivity index is 2.33. The van der Waals surface area contributed by atoms with Gasteiger partial charge in [-0.3, -0.25) is 0 Å². The van der Waals surface area contributed by atoms with E-state index in [2.05, 4.69) is 5.32 Å². The first-order valence-corrected chi connectivity index (χ1v) is 8.77. The Morgan fingerprint density at radius 2 is 2.17 bits per heavy atom. The number of unbranched alkanes of at least 4 members (excludes halogenated alkanes) is 1. The van der Waals surface area contributed by atoms with Gasteiger partial charge in [0.15, 0.2) is 0 Å². The summed E-state index contributed by atoms with van der Waals surface area (Å²) < 4.78 is 25.4. The molecule has 1 heterocycles. The molecular formula is C12H22N2O2S2. The number of nitrogens with zero attached hydrogens (tertiary/aromatic N) is 1. The average Bonchev–Trinajstić information content (AvgIpc) is 2.81. The summed E-state index contributed by atoms with van der Waals surface area (Å²) in [5.74, 6) is 0.235. The molecule has 0 fully saturated rings. The molecule has 18 heavy (non-hydrogen) atoms. The van der Waals surface area contributed by atoms with E-state index >= 15 is 0 Å². The Labute approximate surface area is 114 Å². The minimum atomic E-state index is -3.11. The number of hydrogen-bond acceptors (Lipinski definition) is 4. The van der Waals surface area contributed by atoms with Crippen molar-refractivity contribution in [1.82, 2.24) is 9.62 Å². The highest BCUT2D eigenvalue weighted by atomic mass is 32.2. The summed E-state index contributed by atoms with van der Waals surface area (Å²) in [4.78, 5) is 0. The van der Waals surface area contributed by atoms with Crippen LogP contribution in [0.25, 0.3) is 0 Å². The Bertz CT molecular complexity index is 415. The lowest BCUT2D eigenvalue weighted by molar-refractivity contribution is 0.464. The monoisotopic (exact) mass is 290 g/mol. The fraction of sp³-hybridized carbons (Fsp3) is 0.667. The largest absolute Gasteiger partial charge is 0.317 e. The van der Waals surface area contributed by atoms with Crippen molar-refractivity contribution >= 4 is 21.4 Å². The molecule has 1 rings (SSSR count). The molecular weight excluding hydrogens is 268 g/mol. The molecule has 0 bridgehead atoms. The second kappa shape index (κ2) is 7.89. The molecule has 0 spiro atoms. The van der Waals surface area contributed by atoms with Crippen LogP contribution in [0.5, 0.6) is 0 Å². The molecule has 6 heteroatoms. The molecule has 1 aromatic rings. The second-order valence-corrected chi connectivity index (χ2v) is 7.24. The third-order valence-corrected chi connectivity index (χ3v) is 5.33. The number of nitrogens with one attached hydrogen (secondary N) is 1. The van der Waals surface area contributed by atoms with E-state index < -0.39 is 10.0 Å². The maximum absolute atomic E-state index is 12.0. The average molecular weight is 290 g/mol. The van der Waals surface area contributed by atoms with Gasteiger partial charge in [0.25, 0.3) is 0 Å². The molecule has 4 nitrogen and oxygen atoms in total. The molecule has 0 atom stereocenters. The zero-order valence-corrected chi connectivity index (χ0v) is 12.7. The minimum Gasteiger partial charge on any atom is -0.317 e. The van der Waals surface area contributed by atoms with Crippen LogP contribution in [0.3, 0.4) is 0 Å². The van der Waals surface area contributed by atoms with Crippen LogP contribution in [0.15, 0.2) is 16.8 Å². The molecule has 0 aliphatic carbocycles. The summed E-state index contributed by atoms with van der Waals surface area (Å²) in [5.41, 5.74) is 1.05. The van der Waals surface area contributed by atoms with Gasteiger partial charge >= 0.3 is 0 Å². The smallest absolute Gasteiger partial charge is 0.214 e. The normalized spacial score (nSPS) is 12.2. The lowest BCUT2D eigenvalue weighted by Crippen LogP contribution is -2.29. The summed E-state index contributed by atoms with van der Waals surface area (Å²) in [7, 11) is -1.46. The fourth-order valence-electron chi connectivity index (χ4n) is 1.61. The first kappa shape index (κ1) is 15.6. The van der Waals surface area contributed by atoms with Gasteiger partial charge in [0.05, 0.1) is 5.75 Å². The van der Waals surface area contributed by atoms with Crippen molar-refractivity contribution in [3.05, 3.63) is 22.4 Å². The van der Waals surface area contributed by atoms with Crippen LogP contribution in [0, 0.1) is 0 Å². The highest BCUT2D eigenvalue weighted by molar-refractivity contribution is 7.89. The lowest BCUT2D eigenvalue weighted by atomic mass is 10.3. The van der Waals surface area contributed by atoms with Gasteiger partial charge in [-0.05, 0) is 48.3 Å². The fourth-order valence-corrected chi connectivity index (χ4v) is 3.49. The van der Waals surface area contributed by atoms with Gasteiger partial charge in [0, 0.05) is 13.6 Å². The molecule has 104 valence electrons. The third kappa shape index (κ3) is 5.48. The SMILES string of the molecule is CCNCCCCS(=O)(=O)N(C)Cc1ccsc1. The lowest BCUT2D eigenvalue weighted by Gasteiger charge is -2.16. The van der Waals surface area contributed by atoms with Crippen molar-refractivity contribution in [3.63, 3.8) is 0 Å². The van der Waals surface area contributed by atoms with Crippen LogP contribution < -0.4 is 5.32 Å². The predicted octanol–water partition coefficient (Wildman–Crippen LogP) is 1.90. The number of thiophene rings is 1. The van der Waals surface area contributed by atoms with Crippen molar-refractivity contribution in [2.75, 3.05) is 25.9 Å². The van der Waals surface area contributed by atoms with E-state index in [1.54, 1.807) is 18.4 Å². The maximum atomic E-state index is 12.0. The van der Waals surface area contributed by atoms with Gasteiger partial charge < -0.3 is 5.32 Å². The van der Waals surface area contributed by atoms with Crippen molar-refractivity contribution < 1.29 is 8.42 Å². The molecule has 0 aliphatic heterocycles. The van der Waals surface area contributed by atoms with Crippen molar-refractivity contribution in [1.29, 1.82) is 0 Å². The molecule has 0 aromatic carbocycles. The molecule has 0 aliphatic rings. The minimum absolute atomic E-state index is 0.235. The summed E-state index contributed by atoms with van der Waals surface area (Å²) >= 11 is 1.59. The van der Waals surface area contributed by atoms with Gasteiger partial charge in [-0.2, -0.15) is 11.3 Å². The number of sulfonamides is 1. The summed E-state index contributed by atoms with van der Waals surface area (Å²) in [6.07, 6.45) is 1.61. The van der Waals surface area contributed by atoms with E-state index in [1.807, 2.05) is 23.8 Å². The summed E-state index contributed by atoms with van der Waals surface area (Å²) in [5, 5.41) is 7.14. The molecule has 0 unspecified atom stereocenters. The van der Waals surface area contributed by atoms with Crippen LogP contribution in [0.4, 0.5) is 0 Å². The van der Waals surface area contributed by atoms with E-state index in [-0.39, 0.29) is 5.75 Å². The number of rotatable bonds is 9. The van der Waals surface area contributed by atoms with Gasteiger partial charge in [-0.15, -0.1) is 0 Å². The predicted molar refractivity (Wildman–Crippen MR) is 77.4 cm³/mol. The van der Waals surface area contributed by atoms with Gasteiger partial charge in [-0.25, -0.2) is 12.7 Å². The second-order valence-electron chi connectivity index (χ2n) is 4.26. The Morgan fingerprint density at radius 1 is 1.39 bits per heavy atom. The third-order valence-electron chi connectivity index (χ3n) is 2.72. The quantitative estimate of drug-likeness (QED) is 0.707. The summed E-state index contributed by atoms with van der Waals surface area (Å²) in [6.45, 7) is 4.34. The molecule has 0 radical (unpaired) electrons. The van der Waals surface area contributed by atoms with Crippen LogP contribution in [-0.2, 0) is 16.6 Å².